The predicted octanol–water partition coefficient (Wildman–Crippen LogP) is -2.33. The summed E-state index contributed by atoms with van der Waals surface area (Å²) in [5, 5.41) is 47.7. The lowest BCUT2D eigenvalue weighted by molar-refractivity contribution is -0.277. The Hall–Kier alpha value is -1.91. The van der Waals surface area contributed by atoms with Crippen molar-refractivity contribution < 1.29 is 39.8 Å². The first-order chi connectivity index (χ1) is 10.3. The molecule has 2 rings (SSSR count). The molecule has 122 valence electrons. The maximum Gasteiger partial charge on any atom is 0.252 e. The summed E-state index contributed by atoms with van der Waals surface area (Å²) in [6, 6.07) is 3.60. The van der Waals surface area contributed by atoms with Gasteiger partial charge in [-0.05, 0) is 18.2 Å². The van der Waals surface area contributed by atoms with E-state index in [0.717, 1.165) is 6.07 Å². The lowest BCUT2D eigenvalue weighted by atomic mass is 9.99. The van der Waals surface area contributed by atoms with Crippen molar-refractivity contribution in [3.05, 3.63) is 23.8 Å². The van der Waals surface area contributed by atoms with Gasteiger partial charge in [-0.25, -0.2) is 0 Å². The van der Waals surface area contributed by atoms with E-state index in [2.05, 4.69) is 0 Å². The number of ether oxygens (including phenoxy) is 2. The number of rotatable bonds is 4. The number of hydrogen-bond acceptors (Lipinski definition) is 8. The van der Waals surface area contributed by atoms with Crippen molar-refractivity contribution in [1.82, 2.24) is 0 Å². The normalized spacial score (nSPS) is 31.7. The minimum Gasteiger partial charge on any atom is -0.507 e. The van der Waals surface area contributed by atoms with Gasteiger partial charge in [0.25, 0.3) is 5.91 Å². The highest BCUT2D eigenvalue weighted by atomic mass is 16.7. The molecule has 22 heavy (non-hydrogen) atoms. The highest BCUT2D eigenvalue weighted by molar-refractivity contribution is 5.95. The van der Waals surface area contributed by atoms with Crippen LogP contribution in [0.2, 0.25) is 0 Å². The monoisotopic (exact) mass is 315 g/mol. The van der Waals surface area contributed by atoms with Crippen molar-refractivity contribution >= 4 is 5.91 Å². The molecule has 0 aromatic heterocycles. The average molecular weight is 315 g/mol. The molecule has 1 aromatic rings. The van der Waals surface area contributed by atoms with Gasteiger partial charge in [0.05, 0.1) is 12.2 Å². The summed E-state index contributed by atoms with van der Waals surface area (Å²) in [5.41, 5.74) is 4.89. The molecule has 0 unspecified atom stereocenters. The topological polar surface area (TPSA) is 163 Å². The summed E-state index contributed by atoms with van der Waals surface area (Å²) in [6.45, 7) is -0.590. The Bertz CT molecular complexity index is 549. The SMILES string of the molecule is NC(=O)c1cc(O[C@@H]2O[C@H](CO)[C@@H](O)[C@H](O)[C@H]2O)ccc1O. The molecule has 1 saturated heterocycles. The number of hydrogen-bond donors (Lipinski definition) is 6. The molecule has 1 aliphatic rings. The number of carbonyl (C=O) groups is 1. The fraction of sp³-hybridized carbons (Fsp3) is 0.462. The molecule has 1 amide bonds. The second kappa shape index (κ2) is 6.46. The second-order valence-electron chi connectivity index (χ2n) is 4.86. The van der Waals surface area contributed by atoms with Crippen LogP contribution < -0.4 is 10.5 Å². The maximum absolute atomic E-state index is 11.1. The molecule has 0 spiro atoms. The van der Waals surface area contributed by atoms with E-state index >= 15 is 0 Å². The Morgan fingerprint density at radius 2 is 1.91 bits per heavy atom. The van der Waals surface area contributed by atoms with Crippen molar-refractivity contribution in [3.63, 3.8) is 0 Å². The van der Waals surface area contributed by atoms with Gasteiger partial charge in [0.2, 0.25) is 6.29 Å². The Morgan fingerprint density at radius 3 is 2.50 bits per heavy atom. The Balaban J connectivity index is 2.19. The van der Waals surface area contributed by atoms with Gasteiger partial charge < -0.3 is 40.7 Å². The average Bonchev–Trinajstić information content (AvgIpc) is 2.49. The van der Waals surface area contributed by atoms with Crippen LogP contribution in [0.5, 0.6) is 11.5 Å². The van der Waals surface area contributed by atoms with Gasteiger partial charge in [-0.15, -0.1) is 0 Å². The van der Waals surface area contributed by atoms with Crippen LogP contribution in [0.1, 0.15) is 10.4 Å². The third-order valence-electron chi connectivity index (χ3n) is 3.33. The minimum atomic E-state index is -1.58. The van der Waals surface area contributed by atoms with Crippen molar-refractivity contribution in [3.8, 4) is 11.5 Å². The Labute approximate surface area is 125 Å². The zero-order valence-corrected chi connectivity index (χ0v) is 11.4. The van der Waals surface area contributed by atoms with Crippen LogP contribution >= 0.6 is 0 Å². The van der Waals surface area contributed by atoms with Crippen LogP contribution in [0.25, 0.3) is 0 Å². The fourth-order valence-corrected chi connectivity index (χ4v) is 2.08. The lowest BCUT2D eigenvalue weighted by Gasteiger charge is -2.39. The van der Waals surface area contributed by atoms with E-state index in [-0.39, 0.29) is 17.1 Å². The molecule has 1 aliphatic heterocycles. The summed E-state index contributed by atoms with van der Waals surface area (Å²) in [5.74, 6) is -1.18. The number of amides is 1. The molecule has 0 bridgehead atoms. The summed E-state index contributed by atoms with van der Waals surface area (Å²) >= 11 is 0. The highest BCUT2D eigenvalue weighted by Gasteiger charge is 2.44. The number of benzene rings is 1. The van der Waals surface area contributed by atoms with E-state index < -0.39 is 43.2 Å². The van der Waals surface area contributed by atoms with E-state index in [9.17, 15) is 25.2 Å². The number of aromatic hydroxyl groups is 1. The summed E-state index contributed by atoms with van der Waals surface area (Å²) < 4.78 is 10.4. The summed E-state index contributed by atoms with van der Waals surface area (Å²) in [7, 11) is 0. The van der Waals surface area contributed by atoms with E-state index in [1.807, 2.05) is 0 Å². The zero-order valence-electron chi connectivity index (χ0n) is 11.4. The van der Waals surface area contributed by atoms with E-state index in [1.165, 1.54) is 12.1 Å². The van der Waals surface area contributed by atoms with Gasteiger partial charge in [-0.2, -0.15) is 0 Å². The third kappa shape index (κ3) is 3.13. The van der Waals surface area contributed by atoms with Gasteiger partial charge in [0.15, 0.2) is 0 Å². The van der Waals surface area contributed by atoms with Crippen LogP contribution in [0, 0.1) is 0 Å². The third-order valence-corrected chi connectivity index (χ3v) is 3.33. The van der Waals surface area contributed by atoms with Gasteiger partial charge >= 0.3 is 0 Å². The molecule has 9 heteroatoms. The van der Waals surface area contributed by atoms with Crippen LogP contribution in [-0.4, -0.2) is 68.8 Å². The maximum atomic E-state index is 11.1. The molecule has 7 N–H and O–H groups in total. The first kappa shape index (κ1) is 16.5. The fourth-order valence-electron chi connectivity index (χ4n) is 2.08. The molecule has 0 radical (unpaired) electrons. The largest absolute Gasteiger partial charge is 0.507 e. The van der Waals surface area contributed by atoms with Crippen LogP contribution in [0.4, 0.5) is 0 Å². The molecule has 5 atom stereocenters. The molecular formula is C13H17NO8. The van der Waals surface area contributed by atoms with Crippen LogP contribution in [0.3, 0.4) is 0 Å². The van der Waals surface area contributed by atoms with Crippen molar-refractivity contribution in [2.45, 2.75) is 30.7 Å². The number of nitrogens with two attached hydrogens (primary N) is 1. The van der Waals surface area contributed by atoms with E-state index in [4.69, 9.17) is 20.3 Å². The number of primary amides is 1. The van der Waals surface area contributed by atoms with Gasteiger partial charge in [-0.1, -0.05) is 0 Å². The summed E-state index contributed by atoms with van der Waals surface area (Å²) in [6.07, 6.45) is -7.16. The Morgan fingerprint density at radius 1 is 1.23 bits per heavy atom. The molecule has 9 nitrogen and oxygen atoms in total. The number of phenols is 1. The number of aliphatic hydroxyl groups is 4. The standard InChI is InChI=1S/C13H17NO8/c14-12(20)6-3-5(1-2-7(6)16)21-13-11(19)10(18)9(17)8(4-15)22-13/h1-3,8-11,13,15-19H,4H2,(H2,14,20)/t8-,9-,10+,11-,13-/m1/s1. The quantitative estimate of drug-likeness (QED) is 0.360. The van der Waals surface area contributed by atoms with Gasteiger partial charge in [0, 0.05) is 0 Å². The molecule has 0 saturated carbocycles. The van der Waals surface area contributed by atoms with Gasteiger partial charge in [0.1, 0.15) is 35.9 Å². The molecule has 1 fully saturated rings. The van der Waals surface area contributed by atoms with E-state index in [1.54, 1.807) is 0 Å². The second-order valence-corrected chi connectivity index (χ2v) is 4.86. The first-order valence-corrected chi connectivity index (χ1v) is 6.45. The van der Waals surface area contributed by atoms with E-state index in [0.29, 0.717) is 0 Å². The van der Waals surface area contributed by atoms with Crippen molar-refractivity contribution in [1.29, 1.82) is 0 Å². The summed E-state index contributed by atoms with van der Waals surface area (Å²) in [4.78, 5) is 11.1. The van der Waals surface area contributed by atoms with Crippen molar-refractivity contribution in [2.75, 3.05) is 6.61 Å². The molecule has 1 heterocycles. The minimum absolute atomic E-state index is 0.0379. The Kier molecular flexibility index (Phi) is 4.84. The molecule has 1 aromatic carbocycles. The number of carbonyl (C=O) groups excluding carboxylic acids is 1. The van der Waals surface area contributed by atoms with Crippen molar-refractivity contribution in [2.24, 2.45) is 5.73 Å². The van der Waals surface area contributed by atoms with Crippen LogP contribution in [-0.2, 0) is 4.74 Å². The predicted molar refractivity (Wildman–Crippen MR) is 71.0 cm³/mol. The molecular weight excluding hydrogens is 298 g/mol. The smallest absolute Gasteiger partial charge is 0.252 e. The lowest BCUT2D eigenvalue weighted by Crippen LogP contribution is -2.60. The number of aliphatic hydroxyl groups excluding tert-OH is 4. The van der Waals surface area contributed by atoms with Crippen LogP contribution in [0.15, 0.2) is 18.2 Å². The molecule has 0 aliphatic carbocycles. The highest BCUT2D eigenvalue weighted by Crippen LogP contribution is 2.27. The first-order valence-electron chi connectivity index (χ1n) is 6.45. The zero-order chi connectivity index (χ0) is 16.4. The van der Waals surface area contributed by atoms with Gasteiger partial charge in [-0.3, -0.25) is 4.79 Å².